The summed E-state index contributed by atoms with van der Waals surface area (Å²) in [5.41, 5.74) is -0.787. The Hall–Kier alpha value is -3.86. The minimum Gasteiger partial charge on any atom is -0.508 e. The van der Waals surface area contributed by atoms with E-state index < -0.39 is 59.6 Å². The Morgan fingerprint density at radius 1 is 1.20 bits per heavy atom. The molecule has 0 aromatic heterocycles. The van der Waals surface area contributed by atoms with E-state index in [2.05, 4.69) is 17.2 Å². The summed E-state index contributed by atoms with van der Waals surface area (Å²) < 4.78 is 44.0. The highest BCUT2D eigenvalue weighted by atomic mass is 19.3. The van der Waals surface area contributed by atoms with Crippen LogP contribution in [-0.4, -0.2) is 70.0 Å². The average molecular weight is 562 g/mol. The standard InChI is InChI=1S/C29H34F3N3O5/c1-6-10-33-26(39)24-28(4,5)29(31,32)15-35(24)27(40)23(37)21(14-18-8-7-9-19(30)13-18)34-25(38)20-11-16(2)12-22(36)17(20)3/h6-9,11-13,21,23-24,36-37H,1,10,14-15H2,2-5H3,(H,33,39)(H,34,38). The molecule has 3 amide bonds. The van der Waals surface area contributed by atoms with E-state index in [0.29, 0.717) is 16.0 Å². The lowest BCUT2D eigenvalue weighted by Crippen LogP contribution is -2.57. The molecule has 0 radical (unpaired) electrons. The average Bonchev–Trinajstić information content (AvgIpc) is 3.06. The Morgan fingerprint density at radius 3 is 2.50 bits per heavy atom. The monoisotopic (exact) mass is 561 g/mol. The number of rotatable bonds is 9. The van der Waals surface area contributed by atoms with Crippen molar-refractivity contribution in [1.29, 1.82) is 0 Å². The van der Waals surface area contributed by atoms with Gasteiger partial charge in [0.15, 0.2) is 6.10 Å². The van der Waals surface area contributed by atoms with Gasteiger partial charge in [-0.1, -0.05) is 32.1 Å². The maximum absolute atomic E-state index is 15.1. The van der Waals surface area contributed by atoms with E-state index in [1.807, 2.05) is 0 Å². The second-order valence-electron chi connectivity index (χ2n) is 10.6. The lowest BCUT2D eigenvalue weighted by Gasteiger charge is -2.34. The van der Waals surface area contributed by atoms with Gasteiger partial charge in [-0.05, 0) is 55.7 Å². The van der Waals surface area contributed by atoms with Crippen molar-refractivity contribution >= 4 is 17.7 Å². The quantitative estimate of drug-likeness (QED) is 0.351. The lowest BCUT2D eigenvalue weighted by atomic mass is 9.81. The van der Waals surface area contributed by atoms with Crippen LogP contribution in [-0.2, 0) is 16.0 Å². The Kier molecular flexibility index (Phi) is 8.98. The third-order valence-electron chi connectivity index (χ3n) is 7.32. The largest absolute Gasteiger partial charge is 0.508 e. The van der Waals surface area contributed by atoms with Crippen LogP contribution in [0.4, 0.5) is 13.2 Å². The molecule has 1 heterocycles. The molecule has 3 unspecified atom stereocenters. The molecule has 1 aliphatic heterocycles. The second kappa shape index (κ2) is 11.7. The van der Waals surface area contributed by atoms with E-state index in [4.69, 9.17) is 0 Å². The number of hydrogen-bond donors (Lipinski definition) is 4. The van der Waals surface area contributed by atoms with Crippen LogP contribution in [0.25, 0.3) is 0 Å². The number of aryl methyl sites for hydroxylation is 1. The van der Waals surface area contributed by atoms with Crippen molar-refractivity contribution in [2.45, 2.75) is 58.2 Å². The number of aromatic hydroxyl groups is 1. The van der Waals surface area contributed by atoms with Gasteiger partial charge >= 0.3 is 0 Å². The smallest absolute Gasteiger partial charge is 0.272 e. The van der Waals surface area contributed by atoms with Crippen molar-refractivity contribution in [3.8, 4) is 5.75 Å². The molecule has 216 valence electrons. The molecule has 3 atom stereocenters. The minimum atomic E-state index is -3.48. The summed E-state index contributed by atoms with van der Waals surface area (Å²) in [4.78, 5) is 40.4. The Labute approximate surface area is 230 Å². The normalized spacial score (nSPS) is 19.0. The van der Waals surface area contributed by atoms with Gasteiger partial charge in [0.2, 0.25) is 5.91 Å². The summed E-state index contributed by atoms with van der Waals surface area (Å²) in [5.74, 6) is -7.01. The molecular weight excluding hydrogens is 527 g/mol. The zero-order valence-electron chi connectivity index (χ0n) is 22.8. The van der Waals surface area contributed by atoms with Gasteiger partial charge in [-0.15, -0.1) is 6.58 Å². The van der Waals surface area contributed by atoms with Gasteiger partial charge in [-0.2, -0.15) is 0 Å². The van der Waals surface area contributed by atoms with Crippen LogP contribution in [0, 0.1) is 25.1 Å². The predicted octanol–water partition coefficient (Wildman–Crippen LogP) is 3.02. The van der Waals surface area contributed by atoms with Crippen molar-refractivity contribution in [3.63, 3.8) is 0 Å². The summed E-state index contributed by atoms with van der Waals surface area (Å²) in [6.07, 6.45) is -0.964. The molecule has 1 aliphatic rings. The number of halogens is 3. The first-order valence-corrected chi connectivity index (χ1v) is 12.7. The maximum Gasteiger partial charge on any atom is 0.272 e. The summed E-state index contributed by atoms with van der Waals surface area (Å²) in [7, 11) is 0. The van der Waals surface area contributed by atoms with Gasteiger partial charge in [-0.3, -0.25) is 14.4 Å². The number of aliphatic hydroxyl groups is 1. The molecule has 0 aliphatic carbocycles. The number of carbonyl (C=O) groups excluding carboxylic acids is 3. The van der Waals surface area contributed by atoms with Crippen molar-refractivity contribution in [3.05, 3.63) is 77.1 Å². The second-order valence-corrected chi connectivity index (χ2v) is 10.6. The molecule has 1 saturated heterocycles. The first-order chi connectivity index (χ1) is 18.6. The van der Waals surface area contributed by atoms with Crippen LogP contribution in [0.15, 0.2) is 49.1 Å². The third kappa shape index (κ3) is 6.14. The van der Waals surface area contributed by atoms with Crippen molar-refractivity contribution in [2.24, 2.45) is 5.41 Å². The molecule has 2 aromatic carbocycles. The van der Waals surface area contributed by atoms with Gasteiger partial charge in [0.05, 0.1) is 18.0 Å². The number of nitrogens with one attached hydrogen (secondary N) is 2. The Balaban J connectivity index is 1.99. The molecule has 3 rings (SSSR count). The third-order valence-corrected chi connectivity index (χ3v) is 7.32. The SMILES string of the molecule is C=CCNC(=O)C1N(C(=O)C(O)C(Cc2cccc(F)c2)NC(=O)c2cc(C)cc(O)c2C)CC(F)(F)C1(C)C. The number of aliphatic hydroxyl groups excluding tert-OH is 1. The summed E-state index contributed by atoms with van der Waals surface area (Å²) in [6.45, 7) is 7.80. The maximum atomic E-state index is 15.1. The first kappa shape index (κ1) is 30.7. The number of benzene rings is 2. The number of alkyl halides is 2. The molecule has 8 nitrogen and oxygen atoms in total. The fourth-order valence-corrected chi connectivity index (χ4v) is 4.87. The summed E-state index contributed by atoms with van der Waals surface area (Å²) >= 11 is 0. The number of likely N-dealkylation sites (tertiary alicyclic amines) is 1. The van der Waals surface area contributed by atoms with Crippen molar-refractivity contribution in [2.75, 3.05) is 13.1 Å². The Morgan fingerprint density at radius 2 is 1.88 bits per heavy atom. The van der Waals surface area contributed by atoms with E-state index in [-0.39, 0.29) is 29.8 Å². The van der Waals surface area contributed by atoms with Gasteiger partial charge < -0.3 is 25.7 Å². The predicted molar refractivity (Wildman–Crippen MR) is 142 cm³/mol. The zero-order valence-corrected chi connectivity index (χ0v) is 22.8. The van der Waals surface area contributed by atoms with Crippen LogP contribution in [0.3, 0.4) is 0 Å². The summed E-state index contributed by atoms with van der Waals surface area (Å²) in [5, 5.41) is 26.4. The number of hydrogen-bond acceptors (Lipinski definition) is 5. The number of phenolic OH excluding ortho intramolecular Hbond substituents is 1. The molecule has 40 heavy (non-hydrogen) atoms. The number of amides is 3. The van der Waals surface area contributed by atoms with Crippen LogP contribution >= 0.6 is 0 Å². The van der Waals surface area contributed by atoms with Gasteiger partial charge in [0.25, 0.3) is 17.7 Å². The number of carbonyl (C=O) groups is 3. The van der Waals surface area contributed by atoms with Crippen LogP contribution in [0.2, 0.25) is 0 Å². The van der Waals surface area contributed by atoms with Crippen molar-refractivity contribution < 1.29 is 37.8 Å². The highest BCUT2D eigenvalue weighted by Crippen LogP contribution is 2.48. The first-order valence-electron chi connectivity index (χ1n) is 12.7. The zero-order chi connectivity index (χ0) is 30.0. The van der Waals surface area contributed by atoms with Crippen molar-refractivity contribution in [1.82, 2.24) is 15.5 Å². The van der Waals surface area contributed by atoms with Gasteiger partial charge in [0.1, 0.15) is 17.6 Å². The van der Waals surface area contributed by atoms with Crippen LogP contribution < -0.4 is 10.6 Å². The molecule has 0 bridgehead atoms. The van der Waals surface area contributed by atoms with Crippen LogP contribution in [0.1, 0.15) is 40.9 Å². The molecule has 1 fully saturated rings. The highest BCUT2D eigenvalue weighted by Gasteiger charge is 2.64. The van der Waals surface area contributed by atoms with E-state index in [1.54, 1.807) is 6.92 Å². The van der Waals surface area contributed by atoms with Gasteiger partial charge in [-0.25, -0.2) is 13.2 Å². The molecule has 11 heteroatoms. The fraction of sp³-hybridized carbons (Fsp3) is 0.414. The molecule has 2 aromatic rings. The molecule has 4 N–H and O–H groups in total. The summed E-state index contributed by atoms with van der Waals surface area (Å²) in [6, 6.07) is 5.19. The highest BCUT2D eigenvalue weighted by molar-refractivity contribution is 5.97. The van der Waals surface area contributed by atoms with E-state index in [1.165, 1.54) is 43.3 Å². The number of nitrogens with zero attached hydrogens (tertiary/aromatic N) is 1. The number of phenols is 1. The van der Waals surface area contributed by atoms with E-state index in [9.17, 15) is 29.0 Å². The van der Waals surface area contributed by atoms with Crippen LogP contribution in [0.5, 0.6) is 5.75 Å². The molecule has 0 spiro atoms. The van der Waals surface area contributed by atoms with Gasteiger partial charge in [0, 0.05) is 17.7 Å². The Bertz CT molecular complexity index is 1310. The van der Waals surface area contributed by atoms with E-state index in [0.717, 1.165) is 19.9 Å². The topological polar surface area (TPSA) is 119 Å². The molecular formula is C29H34F3N3O5. The van der Waals surface area contributed by atoms with E-state index >= 15 is 8.78 Å². The fourth-order valence-electron chi connectivity index (χ4n) is 4.87. The lowest BCUT2D eigenvalue weighted by molar-refractivity contribution is -0.148. The molecule has 0 saturated carbocycles. The minimum absolute atomic E-state index is 0.0253.